The number of hydrogen-bond acceptors (Lipinski definition) is 3. The van der Waals surface area contributed by atoms with Crippen molar-refractivity contribution in [1.82, 2.24) is 0 Å². The zero-order valence-electron chi connectivity index (χ0n) is 11.7. The molecule has 1 atom stereocenters. The molecule has 0 aliphatic heterocycles. The number of thiophene rings is 1. The first-order chi connectivity index (χ1) is 10.3. The molecule has 0 radical (unpaired) electrons. The van der Waals surface area contributed by atoms with Crippen LogP contribution >= 0.6 is 11.3 Å². The number of phenolic OH excluding ortho intramolecular Hbond substituents is 1. The van der Waals surface area contributed by atoms with Crippen molar-refractivity contribution < 1.29 is 5.11 Å². The van der Waals surface area contributed by atoms with Gasteiger partial charge in [0.1, 0.15) is 5.75 Å². The summed E-state index contributed by atoms with van der Waals surface area (Å²) < 4.78 is 1.32. The van der Waals surface area contributed by atoms with Gasteiger partial charge >= 0.3 is 0 Å². The lowest BCUT2D eigenvalue weighted by Crippen LogP contribution is -2.17. The van der Waals surface area contributed by atoms with Crippen LogP contribution in [-0.4, -0.2) is 5.11 Å². The summed E-state index contributed by atoms with van der Waals surface area (Å²) in [5.41, 5.74) is 3.75. The molecule has 1 heterocycles. The summed E-state index contributed by atoms with van der Waals surface area (Å²) >= 11 is 1.77. The quantitative estimate of drug-likeness (QED) is 0.689. The van der Waals surface area contributed by atoms with Crippen LogP contribution in [0.3, 0.4) is 0 Å². The Balaban J connectivity index is 1.67. The average Bonchev–Trinajstić information content (AvgIpc) is 2.95. The predicted octanol–water partition coefficient (Wildman–Crippen LogP) is 5.10. The number of aromatic hydroxyl groups is 1. The molecule has 106 valence electrons. The Bertz CT molecular complexity index is 793. The predicted molar refractivity (Wildman–Crippen MR) is 89.2 cm³/mol. The third-order valence-electron chi connectivity index (χ3n) is 4.24. The van der Waals surface area contributed by atoms with Crippen LogP contribution in [0.1, 0.15) is 30.0 Å². The van der Waals surface area contributed by atoms with E-state index in [1.165, 1.54) is 27.6 Å². The van der Waals surface area contributed by atoms with Crippen molar-refractivity contribution in [3.8, 4) is 5.75 Å². The van der Waals surface area contributed by atoms with E-state index in [9.17, 15) is 5.11 Å². The zero-order valence-corrected chi connectivity index (χ0v) is 12.5. The third-order valence-corrected chi connectivity index (χ3v) is 5.13. The second kappa shape index (κ2) is 5.08. The van der Waals surface area contributed by atoms with Gasteiger partial charge in [-0.3, -0.25) is 0 Å². The molecule has 0 saturated carbocycles. The molecule has 2 nitrogen and oxygen atoms in total. The van der Waals surface area contributed by atoms with Gasteiger partial charge < -0.3 is 10.4 Å². The number of nitrogens with one attached hydrogen (secondary N) is 1. The van der Waals surface area contributed by atoms with Crippen LogP contribution in [0.2, 0.25) is 0 Å². The molecule has 0 bridgehead atoms. The monoisotopic (exact) mass is 295 g/mol. The van der Waals surface area contributed by atoms with Crippen molar-refractivity contribution in [3.05, 3.63) is 59.0 Å². The van der Waals surface area contributed by atoms with Gasteiger partial charge in [-0.2, -0.15) is 0 Å². The highest BCUT2D eigenvalue weighted by molar-refractivity contribution is 7.17. The number of aryl methyl sites for hydroxylation is 1. The second-order valence-electron chi connectivity index (χ2n) is 5.65. The maximum Gasteiger partial charge on any atom is 0.115 e. The lowest BCUT2D eigenvalue weighted by Gasteiger charge is -2.27. The van der Waals surface area contributed by atoms with E-state index in [0.29, 0.717) is 5.75 Å². The van der Waals surface area contributed by atoms with E-state index in [0.717, 1.165) is 18.5 Å². The van der Waals surface area contributed by atoms with E-state index in [1.54, 1.807) is 17.4 Å². The Kier molecular flexibility index (Phi) is 3.08. The van der Waals surface area contributed by atoms with Gasteiger partial charge in [-0.1, -0.05) is 6.07 Å². The van der Waals surface area contributed by atoms with Crippen LogP contribution in [0.4, 0.5) is 5.69 Å². The lowest BCUT2D eigenvalue weighted by molar-refractivity contribution is 0.471. The van der Waals surface area contributed by atoms with Crippen molar-refractivity contribution in [2.24, 2.45) is 0 Å². The normalized spacial score (nSPS) is 17.6. The Morgan fingerprint density at radius 3 is 3.00 bits per heavy atom. The highest BCUT2D eigenvalue weighted by atomic mass is 32.1. The first-order valence-corrected chi connectivity index (χ1v) is 8.23. The average molecular weight is 295 g/mol. The molecule has 1 unspecified atom stereocenters. The molecule has 1 aliphatic carbocycles. The highest BCUT2D eigenvalue weighted by Crippen LogP contribution is 2.35. The maximum atomic E-state index is 9.76. The fourth-order valence-electron chi connectivity index (χ4n) is 3.19. The number of rotatable bonds is 2. The molecule has 21 heavy (non-hydrogen) atoms. The summed E-state index contributed by atoms with van der Waals surface area (Å²) in [5, 5.41) is 16.8. The Hall–Kier alpha value is -2.00. The molecule has 4 rings (SSSR count). The largest absolute Gasteiger partial charge is 0.508 e. The molecule has 1 aromatic heterocycles. The smallest absolute Gasteiger partial charge is 0.115 e. The van der Waals surface area contributed by atoms with Gasteiger partial charge in [-0.15, -0.1) is 11.3 Å². The van der Waals surface area contributed by atoms with Crippen molar-refractivity contribution >= 4 is 27.1 Å². The van der Waals surface area contributed by atoms with Crippen LogP contribution in [-0.2, 0) is 6.42 Å². The molecule has 2 aromatic carbocycles. The van der Waals surface area contributed by atoms with Crippen LogP contribution in [0.15, 0.2) is 47.8 Å². The summed E-state index contributed by atoms with van der Waals surface area (Å²) in [5.74, 6) is 0.357. The second-order valence-corrected chi connectivity index (χ2v) is 6.59. The molecular weight excluding hydrogens is 278 g/mol. The van der Waals surface area contributed by atoms with Crippen LogP contribution < -0.4 is 5.32 Å². The van der Waals surface area contributed by atoms with E-state index in [4.69, 9.17) is 0 Å². The summed E-state index contributed by atoms with van der Waals surface area (Å²) in [6, 6.07) is 14.7. The van der Waals surface area contributed by atoms with Crippen LogP contribution in [0.25, 0.3) is 10.1 Å². The fraction of sp³-hybridized carbons (Fsp3) is 0.222. The highest BCUT2D eigenvalue weighted by Gasteiger charge is 2.20. The molecule has 0 fully saturated rings. The molecule has 1 aliphatic rings. The van der Waals surface area contributed by atoms with Crippen molar-refractivity contribution in [2.45, 2.75) is 25.3 Å². The van der Waals surface area contributed by atoms with Gasteiger partial charge in [0.25, 0.3) is 0 Å². The van der Waals surface area contributed by atoms with Gasteiger partial charge in [-0.25, -0.2) is 0 Å². The van der Waals surface area contributed by atoms with Gasteiger partial charge in [0, 0.05) is 10.4 Å². The van der Waals surface area contributed by atoms with E-state index in [-0.39, 0.29) is 6.04 Å². The maximum absolute atomic E-state index is 9.76. The topological polar surface area (TPSA) is 32.3 Å². The number of phenols is 1. The fourth-order valence-corrected chi connectivity index (χ4v) is 3.96. The van der Waals surface area contributed by atoms with Gasteiger partial charge in [-0.05, 0) is 77.6 Å². The Labute approximate surface area is 128 Å². The number of fused-ring (bicyclic) bond motifs is 2. The Morgan fingerprint density at radius 2 is 2.05 bits per heavy atom. The van der Waals surface area contributed by atoms with Crippen LogP contribution in [0, 0.1) is 0 Å². The molecule has 0 saturated heterocycles. The molecular formula is C18H17NOS. The minimum Gasteiger partial charge on any atom is -0.508 e. The summed E-state index contributed by atoms with van der Waals surface area (Å²) in [7, 11) is 0. The van der Waals surface area contributed by atoms with Crippen LogP contribution in [0.5, 0.6) is 5.75 Å². The van der Waals surface area contributed by atoms with E-state index >= 15 is 0 Å². The molecule has 3 aromatic rings. The van der Waals surface area contributed by atoms with E-state index < -0.39 is 0 Å². The van der Waals surface area contributed by atoms with Crippen molar-refractivity contribution in [3.63, 3.8) is 0 Å². The first kappa shape index (κ1) is 12.7. The van der Waals surface area contributed by atoms with Crippen molar-refractivity contribution in [2.75, 3.05) is 5.32 Å². The summed E-state index contributed by atoms with van der Waals surface area (Å²) in [6.07, 6.45) is 3.41. The molecule has 0 amide bonds. The number of anilines is 1. The van der Waals surface area contributed by atoms with Gasteiger partial charge in [0.05, 0.1) is 6.04 Å². The standard InChI is InChI=1S/C18H17NOS/c20-15-6-4-12-2-1-3-17(16(12)11-15)19-14-5-7-18-13(10-14)8-9-21-18/h4-11,17,19-20H,1-3H2. The van der Waals surface area contributed by atoms with E-state index in [2.05, 4.69) is 41.0 Å². The Morgan fingerprint density at radius 1 is 1.10 bits per heavy atom. The van der Waals surface area contributed by atoms with Gasteiger partial charge in [0.15, 0.2) is 0 Å². The zero-order chi connectivity index (χ0) is 14.2. The van der Waals surface area contributed by atoms with E-state index in [1.807, 2.05) is 6.07 Å². The molecule has 0 spiro atoms. The van der Waals surface area contributed by atoms with Gasteiger partial charge in [0.2, 0.25) is 0 Å². The van der Waals surface area contributed by atoms with Crippen molar-refractivity contribution in [1.29, 1.82) is 0 Å². The lowest BCUT2D eigenvalue weighted by atomic mass is 9.87. The minimum atomic E-state index is 0.289. The summed E-state index contributed by atoms with van der Waals surface area (Å²) in [4.78, 5) is 0. The SMILES string of the molecule is Oc1ccc2c(c1)C(Nc1ccc3sccc3c1)CCC2. The first-order valence-electron chi connectivity index (χ1n) is 7.35. The third kappa shape index (κ3) is 2.38. The molecule has 2 N–H and O–H groups in total. The minimum absolute atomic E-state index is 0.289. The number of hydrogen-bond donors (Lipinski definition) is 2. The number of benzene rings is 2. The summed E-state index contributed by atoms with van der Waals surface area (Å²) in [6.45, 7) is 0. The molecule has 3 heteroatoms.